The first kappa shape index (κ1) is 16.2. The molecule has 21 heavy (non-hydrogen) atoms. The molecule has 2 aromatic heterocycles. The van der Waals surface area contributed by atoms with Crippen LogP contribution < -0.4 is 4.72 Å². The third kappa shape index (κ3) is 3.70. The maximum absolute atomic E-state index is 12.2. The SMILES string of the molecule is CCc1cccnc1CNS(=O)(=O)c1cc(CO)oc1Br. The second-order valence-electron chi connectivity index (χ2n) is 4.30. The molecular weight excluding hydrogens is 360 g/mol. The molecule has 2 aromatic rings. The number of sulfonamides is 1. The number of aromatic nitrogens is 1. The van der Waals surface area contributed by atoms with Crippen LogP contribution in [-0.4, -0.2) is 18.5 Å². The van der Waals surface area contributed by atoms with Gasteiger partial charge in [0.1, 0.15) is 17.3 Å². The minimum absolute atomic E-state index is 0.0412. The van der Waals surface area contributed by atoms with Gasteiger partial charge in [-0.15, -0.1) is 0 Å². The number of nitrogens with zero attached hydrogens (tertiary/aromatic N) is 1. The number of pyridine rings is 1. The van der Waals surface area contributed by atoms with Gasteiger partial charge >= 0.3 is 0 Å². The van der Waals surface area contributed by atoms with Crippen molar-refractivity contribution in [3.63, 3.8) is 0 Å². The van der Waals surface area contributed by atoms with E-state index in [0.29, 0.717) is 5.69 Å². The average Bonchev–Trinajstić information content (AvgIpc) is 2.87. The van der Waals surface area contributed by atoms with Gasteiger partial charge in [0.2, 0.25) is 10.0 Å². The highest BCUT2D eigenvalue weighted by molar-refractivity contribution is 9.10. The predicted molar refractivity (Wildman–Crippen MR) is 80.0 cm³/mol. The zero-order chi connectivity index (χ0) is 15.5. The van der Waals surface area contributed by atoms with E-state index in [0.717, 1.165) is 12.0 Å². The lowest BCUT2D eigenvalue weighted by atomic mass is 10.1. The molecule has 2 rings (SSSR count). The molecule has 0 aromatic carbocycles. The summed E-state index contributed by atoms with van der Waals surface area (Å²) in [6, 6.07) is 5.01. The first-order chi connectivity index (χ1) is 9.97. The smallest absolute Gasteiger partial charge is 0.245 e. The van der Waals surface area contributed by atoms with Crippen molar-refractivity contribution in [1.29, 1.82) is 0 Å². The number of rotatable bonds is 6. The van der Waals surface area contributed by atoms with Gasteiger partial charge in [-0.05, 0) is 34.0 Å². The average molecular weight is 375 g/mol. The molecule has 2 heterocycles. The molecule has 0 spiro atoms. The molecule has 0 aliphatic rings. The van der Waals surface area contributed by atoms with Gasteiger partial charge < -0.3 is 9.52 Å². The van der Waals surface area contributed by atoms with E-state index >= 15 is 0 Å². The molecular formula is C13H15BrN2O4S. The van der Waals surface area contributed by atoms with E-state index in [1.54, 1.807) is 6.20 Å². The standard InChI is InChI=1S/C13H15BrN2O4S/c1-2-9-4-3-5-15-11(9)7-16-21(18,19)12-6-10(8-17)20-13(12)14/h3-6,16-17H,2,7-8H2,1H3. The van der Waals surface area contributed by atoms with Crippen molar-refractivity contribution in [3.05, 3.63) is 46.1 Å². The molecule has 0 saturated heterocycles. The number of nitrogens with one attached hydrogen (secondary N) is 1. The largest absolute Gasteiger partial charge is 0.450 e. The first-order valence-electron chi connectivity index (χ1n) is 6.29. The third-order valence-corrected chi connectivity index (χ3v) is 5.21. The summed E-state index contributed by atoms with van der Waals surface area (Å²) < 4.78 is 32.1. The van der Waals surface area contributed by atoms with Crippen LogP contribution in [0.15, 0.2) is 38.4 Å². The zero-order valence-electron chi connectivity index (χ0n) is 11.3. The highest BCUT2D eigenvalue weighted by Gasteiger charge is 2.22. The Bertz CT molecular complexity index is 728. The summed E-state index contributed by atoms with van der Waals surface area (Å²) in [6.45, 7) is 1.71. The second-order valence-corrected chi connectivity index (χ2v) is 6.75. The molecule has 0 bridgehead atoms. The van der Waals surface area contributed by atoms with Gasteiger partial charge in [-0.1, -0.05) is 13.0 Å². The van der Waals surface area contributed by atoms with Crippen LogP contribution in [0.2, 0.25) is 0 Å². The summed E-state index contributed by atoms with van der Waals surface area (Å²) in [4.78, 5) is 4.15. The Labute approximate surface area is 131 Å². The fourth-order valence-electron chi connectivity index (χ4n) is 1.85. The van der Waals surface area contributed by atoms with E-state index in [2.05, 4.69) is 25.6 Å². The molecule has 6 nitrogen and oxygen atoms in total. The van der Waals surface area contributed by atoms with Crippen molar-refractivity contribution >= 4 is 26.0 Å². The fourth-order valence-corrected chi connectivity index (χ4v) is 3.84. The Morgan fingerprint density at radius 2 is 2.24 bits per heavy atom. The second kappa shape index (κ2) is 6.69. The van der Waals surface area contributed by atoms with Crippen LogP contribution >= 0.6 is 15.9 Å². The topological polar surface area (TPSA) is 92.4 Å². The van der Waals surface area contributed by atoms with Crippen LogP contribution in [0, 0.1) is 0 Å². The van der Waals surface area contributed by atoms with Gasteiger partial charge in [0.05, 0.1) is 12.2 Å². The van der Waals surface area contributed by atoms with Crippen LogP contribution in [0.25, 0.3) is 0 Å². The lowest BCUT2D eigenvalue weighted by molar-refractivity contribution is 0.245. The monoisotopic (exact) mass is 374 g/mol. The Morgan fingerprint density at radius 3 is 2.86 bits per heavy atom. The maximum atomic E-state index is 12.2. The van der Waals surface area contributed by atoms with Crippen LogP contribution in [-0.2, 0) is 29.6 Å². The Morgan fingerprint density at radius 1 is 1.48 bits per heavy atom. The van der Waals surface area contributed by atoms with Crippen molar-refractivity contribution in [1.82, 2.24) is 9.71 Å². The zero-order valence-corrected chi connectivity index (χ0v) is 13.7. The molecule has 0 radical (unpaired) electrons. The van der Waals surface area contributed by atoms with E-state index in [1.807, 2.05) is 19.1 Å². The lowest BCUT2D eigenvalue weighted by Crippen LogP contribution is -2.24. The molecule has 0 unspecified atom stereocenters. The quantitative estimate of drug-likeness (QED) is 0.806. The van der Waals surface area contributed by atoms with Crippen molar-refractivity contribution in [2.75, 3.05) is 0 Å². The Kier molecular flexibility index (Phi) is 5.15. The lowest BCUT2D eigenvalue weighted by Gasteiger charge is -2.08. The highest BCUT2D eigenvalue weighted by Crippen LogP contribution is 2.26. The molecule has 0 aliphatic carbocycles. The van der Waals surface area contributed by atoms with Crippen LogP contribution in [0.4, 0.5) is 0 Å². The van der Waals surface area contributed by atoms with Crippen LogP contribution in [0.5, 0.6) is 0 Å². The molecule has 0 atom stereocenters. The van der Waals surface area contributed by atoms with Crippen LogP contribution in [0.1, 0.15) is 23.9 Å². The minimum atomic E-state index is -3.75. The van der Waals surface area contributed by atoms with Gasteiger partial charge in [0, 0.05) is 12.3 Å². The molecule has 8 heteroatoms. The van der Waals surface area contributed by atoms with E-state index in [-0.39, 0.29) is 28.5 Å². The minimum Gasteiger partial charge on any atom is -0.450 e. The van der Waals surface area contributed by atoms with E-state index < -0.39 is 10.0 Å². The molecule has 114 valence electrons. The van der Waals surface area contributed by atoms with Gasteiger partial charge in [-0.3, -0.25) is 4.98 Å². The summed E-state index contributed by atoms with van der Waals surface area (Å²) >= 11 is 3.04. The molecule has 0 saturated carbocycles. The summed E-state index contributed by atoms with van der Waals surface area (Å²) in [5.74, 6) is 0.175. The van der Waals surface area contributed by atoms with Gasteiger partial charge in [-0.2, -0.15) is 0 Å². The number of hydrogen-bond donors (Lipinski definition) is 2. The van der Waals surface area contributed by atoms with E-state index in [9.17, 15) is 8.42 Å². The summed E-state index contributed by atoms with van der Waals surface area (Å²) in [6.07, 6.45) is 2.40. The van der Waals surface area contributed by atoms with Gasteiger partial charge in [0.15, 0.2) is 4.67 Å². The summed E-state index contributed by atoms with van der Waals surface area (Å²) in [5.41, 5.74) is 1.67. The summed E-state index contributed by atoms with van der Waals surface area (Å²) in [5, 5.41) is 8.98. The number of hydrogen-bond acceptors (Lipinski definition) is 5. The highest BCUT2D eigenvalue weighted by atomic mass is 79.9. The van der Waals surface area contributed by atoms with Crippen molar-refractivity contribution < 1.29 is 17.9 Å². The van der Waals surface area contributed by atoms with Gasteiger partial charge in [0.25, 0.3) is 0 Å². The number of furan rings is 1. The van der Waals surface area contributed by atoms with E-state index in [4.69, 9.17) is 9.52 Å². The first-order valence-corrected chi connectivity index (χ1v) is 8.57. The van der Waals surface area contributed by atoms with Crippen molar-refractivity contribution in [3.8, 4) is 0 Å². The number of halogens is 1. The molecule has 0 fully saturated rings. The Balaban J connectivity index is 2.20. The number of aliphatic hydroxyl groups excluding tert-OH is 1. The van der Waals surface area contributed by atoms with E-state index in [1.165, 1.54) is 6.07 Å². The molecule has 2 N–H and O–H groups in total. The maximum Gasteiger partial charge on any atom is 0.245 e. The van der Waals surface area contributed by atoms with Crippen molar-refractivity contribution in [2.24, 2.45) is 0 Å². The van der Waals surface area contributed by atoms with Gasteiger partial charge in [-0.25, -0.2) is 13.1 Å². The van der Waals surface area contributed by atoms with Crippen LogP contribution in [0.3, 0.4) is 0 Å². The van der Waals surface area contributed by atoms with Crippen molar-refractivity contribution in [2.45, 2.75) is 31.4 Å². The summed E-state index contributed by atoms with van der Waals surface area (Å²) in [7, 11) is -3.75. The normalized spacial score (nSPS) is 11.8. The number of aryl methyl sites for hydroxylation is 1. The molecule has 0 aliphatic heterocycles. The fraction of sp³-hybridized carbons (Fsp3) is 0.308. The predicted octanol–water partition coefficient (Wildman–Crippen LogP) is 1.97. The molecule has 0 amide bonds. The number of aliphatic hydroxyl groups is 1. The third-order valence-electron chi connectivity index (χ3n) is 2.95. The Hall–Kier alpha value is -1.22.